The number of nitrogens with one attached hydrogen (secondary N) is 1. The SMILES string of the molecule is Clc1ccc(COc2ccc(CNC3CCCCCCC3)cc2)cc1Cl. The van der Waals surface area contributed by atoms with Crippen molar-refractivity contribution in [2.75, 3.05) is 0 Å². The zero-order valence-corrected chi connectivity index (χ0v) is 16.7. The number of hydrogen-bond donors (Lipinski definition) is 1. The molecule has 26 heavy (non-hydrogen) atoms. The lowest BCUT2D eigenvalue weighted by Crippen LogP contribution is -2.29. The number of benzene rings is 2. The van der Waals surface area contributed by atoms with E-state index in [1.807, 2.05) is 24.3 Å². The highest BCUT2D eigenvalue weighted by Crippen LogP contribution is 2.23. The second-order valence-electron chi connectivity index (χ2n) is 7.10. The molecule has 1 saturated carbocycles. The Morgan fingerprint density at radius 3 is 2.15 bits per heavy atom. The Balaban J connectivity index is 1.46. The van der Waals surface area contributed by atoms with E-state index in [0.29, 0.717) is 22.7 Å². The molecule has 0 bridgehead atoms. The molecule has 0 unspecified atom stereocenters. The minimum atomic E-state index is 0.483. The molecule has 0 radical (unpaired) electrons. The largest absolute Gasteiger partial charge is 0.489 e. The number of hydrogen-bond acceptors (Lipinski definition) is 2. The first kappa shape index (κ1) is 19.5. The van der Waals surface area contributed by atoms with Gasteiger partial charge in [0, 0.05) is 12.6 Å². The van der Waals surface area contributed by atoms with Crippen LogP contribution < -0.4 is 10.1 Å². The highest BCUT2D eigenvalue weighted by atomic mass is 35.5. The van der Waals surface area contributed by atoms with Gasteiger partial charge in [0.05, 0.1) is 10.0 Å². The highest BCUT2D eigenvalue weighted by molar-refractivity contribution is 6.42. The predicted octanol–water partition coefficient (Wildman–Crippen LogP) is 6.77. The van der Waals surface area contributed by atoms with E-state index in [1.54, 1.807) is 6.07 Å². The Morgan fingerprint density at radius 2 is 1.46 bits per heavy atom. The molecule has 0 aromatic heterocycles. The standard InChI is InChI=1S/C22H27Cl2NO/c23-21-13-10-18(14-22(21)24)16-26-20-11-8-17(9-12-20)15-25-19-6-4-2-1-3-5-7-19/h8-14,19,25H,1-7,15-16H2. The second-order valence-corrected chi connectivity index (χ2v) is 7.92. The lowest BCUT2D eigenvalue weighted by Gasteiger charge is -2.21. The molecule has 0 spiro atoms. The van der Waals surface area contributed by atoms with Gasteiger partial charge in [0.15, 0.2) is 0 Å². The maximum absolute atomic E-state index is 6.04. The van der Waals surface area contributed by atoms with Crippen molar-refractivity contribution in [3.05, 3.63) is 63.6 Å². The molecule has 0 amide bonds. The van der Waals surface area contributed by atoms with Crippen LogP contribution in [0.5, 0.6) is 5.75 Å². The van der Waals surface area contributed by atoms with Crippen molar-refractivity contribution in [2.24, 2.45) is 0 Å². The lowest BCUT2D eigenvalue weighted by atomic mass is 9.96. The van der Waals surface area contributed by atoms with Crippen LogP contribution in [0.3, 0.4) is 0 Å². The van der Waals surface area contributed by atoms with E-state index in [0.717, 1.165) is 17.9 Å². The van der Waals surface area contributed by atoms with Crippen LogP contribution in [0.25, 0.3) is 0 Å². The van der Waals surface area contributed by atoms with Gasteiger partial charge in [-0.05, 0) is 48.2 Å². The highest BCUT2D eigenvalue weighted by Gasteiger charge is 2.10. The Kier molecular flexibility index (Phi) is 7.67. The molecule has 0 atom stereocenters. The molecule has 0 heterocycles. The van der Waals surface area contributed by atoms with Gasteiger partial charge in [-0.1, -0.05) is 73.5 Å². The van der Waals surface area contributed by atoms with E-state index in [4.69, 9.17) is 27.9 Å². The number of ether oxygens (including phenoxy) is 1. The smallest absolute Gasteiger partial charge is 0.119 e. The minimum Gasteiger partial charge on any atom is -0.489 e. The summed E-state index contributed by atoms with van der Waals surface area (Å²) in [6, 6.07) is 14.6. The summed E-state index contributed by atoms with van der Waals surface area (Å²) >= 11 is 12.0. The molecular weight excluding hydrogens is 365 g/mol. The minimum absolute atomic E-state index is 0.483. The van der Waals surface area contributed by atoms with Gasteiger partial charge >= 0.3 is 0 Å². The van der Waals surface area contributed by atoms with Gasteiger partial charge in [0.25, 0.3) is 0 Å². The fourth-order valence-corrected chi connectivity index (χ4v) is 3.74. The van der Waals surface area contributed by atoms with Gasteiger partial charge in [-0.3, -0.25) is 0 Å². The van der Waals surface area contributed by atoms with Crippen LogP contribution in [0.1, 0.15) is 56.1 Å². The van der Waals surface area contributed by atoms with Gasteiger partial charge in [-0.15, -0.1) is 0 Å². The zero-order chi connectivity index (χ0) is 18.2. The molecule has 0 aliphatic heterocycles. The molecular formula is C22H27Cl2NO. The summed E-state index contributed by atoms with van der Waals surface area (Å²) in [6.07, 6.45) is 9.54. The lowest BCUT2D eigenvalue weighted by molar-refractivity contribution is 0.306. The molecule has 2 aromatic carbocycles. The van der Waals surface area contributed by atoms with E-state index in [2.05, 4.69) is 17.4 Å². The molecule has 140 valence electrons. The van der Waals surface area contributed by atoms with E-state index < -0.39 is 0 Å². The van der Waals surface area contributed by atoms with Crippen LogP contribution in [0.2, 0.25) is 10.0 Å². The van der Waals surface area contributed by atoms with Gasteiger partial charge in [0.1, 0.15) is 12.4 Å². The fraction of sp³-hybridized carbons (Fsp3) is 0.455. The molecule has 1 aliphatic rings. The Morgan fingerprint density at radius 1 is 0.808 bits per heavy atom. The monoisotopic (exact) mass is 391 g/mol. The van der Waals surface area contributed by atoms with Crippen molar-refractivity contribution < 1.29 is 4.74 Å². The third-order valence-corrected chi connectivity index (χ3v) is 5.75. The summed E-state index contributed by atoms with van der Waals surface area (Å²) in [5, 5.41) is 4.85. The maximum Gasteiger partial charge on any atom is 0.119 e. The van der Waals surface area contributed by atoms with Gasteiger partial charge in [0.2, 0.25) is 0 Å². The summed E-state index contributed by atoms with van der Waals surface area (Å²) in [5.41, 5.74) is 2.31. The fourth-order valence-electron chi connectivity index (χ4n) is 3.42. The molecule has 1 fully saturated rings. The summed E-state index contributed by atoms with van der Waals surface area (Å²) in [5.74, 6) is 0.866. The normalized spacial score (nSPS) is 16.1. The molecule has 2 nitrogen and oxygen atoms in total. The van der Waals surface area contributed by atoms with Gasteiger partial charge in [-0.2, -0.15) is 0 Å². The Bertz CT molecular complexity index is 679. The molecule has 0 saturated heterocycles. The molecule has 2 aromatic rings. The van der Waals surface area contributed by atoms with Gasteiger partial charge in [-0.25, -0.2) is 0 Å². The molecule has 1 aliphatic carbocycles. The van der Waals surface area contributed by atoms with Crippen LogP contribution in [0, 0.1) is 0 Å². The van der Waals surface area contributed by atoms with Crippen LogP contribution in [0.15, 0.2) is 42.5 Å². The van der Waals surface area contributed by atoms with Crippen LogP contribution in [-0.4, -0.2) is 6.04 Å². The third-order valence-electron chi connectivity index (χ3n) is 5.01. The predicted molar refractivity (Wildman–Crippen MR) is 110 cm³/mol. The number of rotatable bonds is 6. The molecule has 4 heteroatoms. The first-order valence-electron chi connectivity index (χ1n) is 9.60. The van der Waals surface area contributed by atoms with E-state index >= 15 is 0 Å². The first-order chi connectivity index (χ1) is 12.7. The van der Waals surface area contributed by atoms with Crippen LogP contribution in [-0.2, 0) is 13.2 Å². The van der Waals surface area contributed by atoms with E-state index in [-0.39, 0.29) is 0 Å². The van der Waals surface area contributed by atoms with Crippen molar-refractivity contribution in [1.82, 2.24) is 5.32 Å². The van der Waals surface area contributed by atoms with Crippen molar-refractivity contribution in [1.29, 1.82) is 0 Å². The van der Waals surface area contributed by atoms with E-state index in [9.17, 15) is 0 Å². The van der Waals surface area contributed by atoms with Gasteiger partial charge < -0.3 is 10.1 Å². The van der Waals surface area contributed by atoms with Crippen molar-refractivity contribution in [2.45, 2.75) is 64.1 Å². The van der Waals surface area contributed by atoms with Crippen molar-refractivity contribution >= 4 is 23.2 Å². The number of halogens is 2. The summed E-state index contributed by atoms with van der Waals surface area (Å²) < 4.78 is 5.84. The third kappa shape index (κ3) is 6.19. The Hall–Kier alpha value is -1.22. The molecule has 3 rings (SSSR count). The topological polar surface area (TPSA) is 21.3 Å². The average Bonchev–Trinajstić information content (AvgIpc) is 2.63. The van der Waals surface area contributed by atoms with Crippen molar-refractivity contribution in [3.8, 4) is 5.75 Å². The summed E-state index contributed by atoms with van der Waals surface area (Å²) in [7, 11) is 0. The quantitative estimate of drug-likeness (QED) is 0.585. The Labute approximate surface area is 166 Å². The summed E-state index contributed by atoms with van der Waals surface area (Å²) in [4.78, 5) is 0. The van der Waals surface area contributed by atoms with Crippen LogP contribution >= 0.6 is 23.2 Å². The maximum atomic E-state index is 6.04. The first-order valence-corrected chi connectivity index (χ1v) is 10.4. The van der Waals surface area contributed by atoms with Crippen LogP contribution in [0.4, 0.5) is 0 Å². The van der Waals surface area contributed by atoms with E-state index in [1.165, 1.54) is 50.5 Å². The second kappa shape index (κ2) is 10.2. The van der Waals surface area contributed by atoms with Crippen molar-refractivity contribution in [3.63, 3.8) is 0 Å². The zero-order valence-electron chi connectivity index (χ0n) is 15.1. The molecule has 1 N–H and O–H groups in total. The average molecular weight is 392 g/mol. The summed E-state index contributed by atoms with van der Waals surface area (Å²) in [6.45, 7) is 1.41.